The van der Waals surface area contributed by atoms with Crippen LogP contribution in [0.15, 0.2) is 12.1 Å². The van der Waals surface area contributed by atoms with Crippen molar-refractivity contribution in [3.05, 3.63) is 29.1 Å². The van der Waals surface area contributed by atoms with Crippen molar-refractivity contribution in [1.82, 2.24) is 4.98 Å². The van der Waals surface area contributed by atoms with Crippen LogP contribution in [0.1, 0.15) is 35.7 Å². The first-order valence-electron chi connectivity index (χ1n) is 6.27. The average molecular weight is 283 g/mol. The Balaban J connectivity index is 2.42. The van der Waals surface area contributed by atoms with E-state index in [0.29, 0.717) is 11.3 Å². The SMILES string of the molecule is C[Si](C)(C)C#Cc1cc(C2CC2)nc(C(F)(F)F)c1. The predicted octanol–water partition coefficient (Wildman–Crippen LogP) is 4.21. The molecule has 0 amide bonds. The number of alkyl halides is 3. The number of nitrogens with zero attached hydrogens (tertiary/aromatic N) is 1. The molecule has 1 aromatic heterocycles. The number of aromatic nitrogens is 1. The highest BCUT2D eigenvalue weighted by Crippen LogP contribution is 2.40. The first kappa shape index (κ1) is 14.1. The molecule has 0 unspecified atom stereocenters. The van der Waals surface area contributed by atoms with Gasteiger partial charge in [-0.25, -0.2) is 4.98 Å². The van der Waals surface area contributed by atoms with E-state index in [2.05, 4.69) is 36.1 Å². The van der Waals surface area contributed by atoms with Crippen molar-refractivity contribution in [1.29, 1.82) is 0 Å². The smallest absolute Gasteiger partial charge is 0.248 e. The van der Waals surface area contributed by atoms with E-state index in [1.807, 2.05) is 0 Å². The van der Waals surface area contributed by atoms with E-state index in [1.165, 1.54) is 0 Å². The van der Waals surface area contributed by atoms with Crippen LogP contribution in [-0.2, 0) is 6.18 Å². The summed E-state index contributed by atoms with van der Waals surface area (Å²) in [6.07, 6.45) is -2.55. The van der Waals surface area contributed by atoms with Crippen molar-refractivity contribution < 1.29 is 13.2 Å². The lowest BCUT2D eigenvalue weighted by Gasteiger charge is -2.09. The van der Waals surface area contributed by atoms with Gasteiger partial charge in [-0.2, -0.15) is 13.2 Å². The molecule has 19 heavy (non-hydrogen) atoms. The highest BCUT2D eigenvalue weighted by molar-refractivity contribution is 6.83. The van der Waals surface area contributed by atoms with Gasteiger partial charge >= 0.3 is 6.18 Å². The summed E-state index contributed by atoms with van der Waals surface area (Å²) in [7, 11) is -1.59. The molecule has 0 N–H and O–H groups in total. The third-order valence-electron chi connectivity index (χ3n) is 2.71. The molecule has 1 aliphatic rings. The Morgan fingerprint density at radius 3 is 2.32 bits per heavy atom. The third-order valence-corrected chi connectivity index (χ3v) is 3.59. The van der Waals surface area contributed by atoms with E-state index in [0.717, 1.165) is 18.9 Å². The van der Waals surface area contributed by atoms with Crippen LogP contribution in [-0.4, -0.2) is 13.1 Å². The standard InChI is InChI=1S/C14H16F3NSi/c1-19(2,3)7-6-10-8-12(11-4-5-11)18-13(9-10)14(15,16)17/h8-9,11H,4-5H2,1-3H3. The van der Waals surface area contributed by atoms with E-state index >= 15 is 0 Å². The molecule has 0 saturated heterocycles. The average Bonchev–Trinajstić information content (AvgIpc) is 3.07. The minimum atomic E-state index is -4.40. The minimum absolute atomic E-state index is 0.190. The van der Waals surface area contributed by atoms with Gasteiger partial charge in [-0.15, -0.1) is 5.54 Å². The zero-order chi connectivity index (χ0) is 14.3. The Bertz CT molecular complexity index is 543. The van der Waals surface area contributed by atoms with Crippen LogP contribution >= 0.6 is 0 Å². The molecule has 0 aromatic carbocycles. The first-order chi connectivity index (χ1) is 8.65. The van der Waals surface area contributed by atoms with Gasteiger partial charge in [0.1, 0.15) is 13.8 Å². The number of hydrogen-bond donors (Lipinski definition) is 0. The molecule has 1 aromatic rings. The fourth-order valence-corrected chi connectivity index (χ4v) is 2.14. The molecule has 1 fully saturated rings. The van der Waals surface area contributed by atoms with E-state index in [9.17, 15) is 13.2 Å². The van der Waals surface area contributed by atoms with Crippen LogP contribution in [0.3, 0.4) is 0 Å². The van der Waals surface area contributed by atoms with Crippen molar-refractivity contribution in [3.8, 4) is 11.5 Å². The van der Waals surface area contributed by atoms with Crippen LogP contribution in [0.5, 0.6) is 0 Å². The van der Waals surface area contributed by atoms with Gasteiger partial charge in [-0.1, -0.05) is 25.6 Å². The van der Waals surface area contributed by atoms with Crippen LogP contribution in [0.4, 0.5) is 13.2 Å². The Labute approximate surface area is 112 Å². The second-order valence-electron chi connectivity index (χ2n) is 5.94. The molecular weight excluding hydrogens is 267 g/mol. The summed E-state index contributed by atoms with van der Waals surface area (Å²) in [4.78, 5) is 3.73. The maximum Gasteiger partial charge on any atom is 0.433 e. The summed E-state index contributed by atoms with van der Waals surface area (Å²) in [6, 6.07) is 2.76. The molecule has 5 heteroatoms. The van der Waals surface area contributed by atoms with Crippen LogP contribution in [0.2, 0.25) is 19.6 Å². The predicted molar refractivity (Wildman–Crippen MR) is 71.4 cm³/mol. The van der Waals surface area contributed by atoms with Crippen LogP contribution in [0, 0.1) is 11.5 Å². The van der Waals surface area contributed by atoms with Crippen molar-refractivity contribution in [2.24, 2.45) is 0 Å². The number of pyridine rings is 1. The summed E-state index contributed by atoms with van der Waals surface area (Å²) in [5.41, 5.74) is 3.25. The highest BCUT2D eigenvalue weighted by atomic mass is 28.3. The van der Waals surface area contributed by atoms with Crippen molar-refractivity contribution in [2.75, 3.05) is 0 Å². The molecule has 0 bridgehead atoms. The largest absolute Gasteiger partial charge is 0.433 e. The van der Waals surface area contributed by atoms with Crippen molar-refractivity contribution in [2.45, 2.75) is 44.6 Å². The molecule has 1 nitrogen and oxygen atoms in total. The van der Waals surface area contributed by atoms with Crippen LogP contribution in [0.25, 0.3) is 0 Å². The van der Waals surface area contributed by atoms with E-state index in [-0.39, 0.29) is 5.92 Å². The topological polar surface area (TPSA) is 12.9 Å². The molecular formula is C14H16F3NSi. The lowest BCUT2D eigenvalue weighted by atomic mass is 10.1. The maximum atomic E-state index is 12.8. The Morgan fingerprint density at radius 2 is 1.84 bits per heavy atom. The van der Waals surface area contributed by atoms with Crippen LogP contribution < -0.4 is 0 Å². The second kappa shape index (κ2) is 4.68. The fraction of sp³-hybridized carbons (Fsp3) is 0.500. The summed E-state index contributed by atoms with van der Waals surface area (Å²) >= 11 is 0. The number of halogens is 3. The molecule has 0 radical (unpaired) electrons. The Kier molecular flexibility index (Phi) is 3.48. The van der Waals surface area contributed by atoms with Crippen molar-refractivity contribution in [3.63, 3.8) is 0 Å². The zero-order valence-electron chi connectivity index (χ0n) is 11.2. The van der Waals surface area contributed by atoms with Gasteiger partial charge in [-0.3, -0.25) is 0 Å². The molecule has 2 rings (SSSR count). The quantitative estimate of drug-likeness (QED) is 0.556. The lowest BCUT2D eigenvalue weighted by molar-refractivity contribution is -0.141. The van der Waals surface area contributed by atoms with Gasteiger partial charge in [0.2, 0.25) is 0 Å². The minimum Gasteiger partial charge on any atom is -0.248 e. The van der Waals surface area contributed by atoms with Gasteiger partial charge < -0.3 is 0 Å². The second-order valence-corrected chi connectivity index (χ2v) is 10.7. The van der Waals surface area contributed by atoms with E-state index in [1.54, 1.807) is 6.07 Å². The van der Waals surface area contributed by atoms with Gasteiger partial charge in [0, 0.05) is 17.2 Å². The molecule has 1 aliphatic carbocycles. The van der Waals surface area contributed by atoms with Gasteiger partial charge in [-0.05, 0) is 25.0 Å². The molecule has 1 saturated carbocycles. The zero-order valence-corrected chi connectivity index (χ0v) is 12.2. The van der Waals surface area contributed by atoms with Crippen molar-refractivity contribution >= 4 is 8.07 Å². The molecule has 102 valence electrons. The molecule has 0 aliphatic heterocycles. The molecule has 0 spiro atoms. The lowest BCUT2D eigenvalue weighted by Crippen LogP contribution is -2.16. The Hall–Kier alpha value is -1.28. The fourth-order valence-electron chi connectivity index (χ4n) is 1.62. The number of rotatable bonds is 1. The van der Waals surface area contributed by atoms with E-state index in [4.69, 9.17) is 0 Å². The third kappa shape index (κ3) is 4.10. The monoisotopic (exact) mass is 283 g/mol. The first-order valence-corrected chi connectivity index (χ1v) is 9.77. The number of hydrogen-bond acceptors (Lipinski definition) is 1. The summed E-state index contributed by atoms with van der Waals surface area (Å²) in [6.45, 7) is 6.19. The molecule has 0 atom stereocenters. The molecule has 1 heterocycles. The summed E-state index contributed by atoms with van der Waals surface area (Å²) in [5.74, 6) is 3.08. The highest BCUT2D eigenvalue weighted by Gasteiger charge is 2.35. The Morgan fingerprint density at radius 1 is 1.21 bits per heavy atom. The van der Waals surface area contributed by atoms with Gasteiger partial charge in [0.25, 0.3) is 0 Å². The van der Waals surface area contributed by atoms with Gasteiger partial charge in [0.05, 0.1) is 0 Å². The summed E-state index contributed by atoms with van der Waals surface area (Å²) < 4.78 is 38.4. The summed E-state index contributed by atoms with van der Waals surface area (Å²) in [5, 5.41) is 0. The van der Waals surface area contributed by atoms with Gasteiger partial charge in [0.15, 0.2) is 0 Å². The van der Waals surface area contributed by atoms with E-state index < -0.39 is 19.9 Å². The normalized spacial score (nSPS) is 15.9. The maximum absolute atomic E-state index is 12.8.